The summed E-state index contributed by atoms with van der Waals surface area (Å²) in [6.45, 7) is 5.42. The normalized spacial score (nSPS) is 10.3. The van der Waals surface area contributed by atoms with Crippen molar-refractivity contribution in [3.63, 3.8) is 0 Å². The van der Waals surface area contributed by atoms with Gasteiger partial charge in [-0.1, -0.05) is 0 Å². The summed E-state index contributed by atoms with van der Waals surface area (Å²) in [5, 5.41) is 12.2. The van der Waals surface area contributed by atoms with E-state index in [0.717, 1.165) is 11.3 Å². The molecule has 110 valence electrons. The van der Waals surface area contributed by atoms with Crippen molar-refractivity contribution in [1.82, 2.24) is 15.5 Å². The van der Waals surface area contributed by atoms with Gasteiger partial charge >= 0.3 is 0 Å². The molecule has 0 spiro atoms. The Labute approximate surface area is 122 Å². The predicted molar refractivity (Wildman–Crippen MR) is 80.6 cm³/mol. The molecule has 6 heteroatoms. The van der Waals surface area contributed by atoms with Crippen molar-refractivity contribution in [1.29, 1.82) is 0 Å². The third kappa shape index (κ3) is 2.94. The SMILES string of the molecule is CNC(=O)c1ccc(NC(=O)c2c(C)n[nH]c2C)c(C)c1. The number of amides is 2. The molecule has 0 fully saturated rings. The first-order valence-electron chi connectivity index (χ1n) is 6.59. The fourth-order valence-electron chi connectivity index (χ4n) is 2.16. The Morgan fingerprint density at radius 3 is 2.38 bits per heavy atom. The Morgan fingerprint density at radius 2 is 1.86 bits per heavy atom. The third-order valence-corrected chi connectivity index (χ3v) is 3.32. The molecule has 21 heavy (non-hydrogen) atoms. The lowest BCUT2D eigenvalue weighted by molar-refractivity contribution is 0.0962. The molecule has 1 heterocycles. The van der Waals surface area contributed by atoms with E-state index in [0.29, 0.717) is 22.5 Å². The van der Waals surface area contributed by atoms with Gasteiger partial charge in [-0.25, -0.2) is 0 Å². The van der Waals surface area contributed by atoms with Gasteiger partial charge in [-0.3, -0.25) is 14.7 Å². The van der Waals surface area contributed by atoms with Crippen molar-refractivity contribution in [3.05, 3.63) is 46.3 Å². The molecule has 0 aliphatic rings. The maximum atomic E-state index is 12.3. The molecule has 0 saturated carbocycles. The first-order chi connectivity index (χ1) is 9.93. The summed E-state index contributed by atoms with van der Waals surface area (Å²) in [5.41, 5.74) is 3.98. The molecule has 0 unspecified atom stereocenters. The van der Waals surface area contributed by atoms with Crippen molar-refractivity contribution in [2.24, 2.45) is 0 Å². The average Bonchev–Trinajstić information content (AvgIpc) is 2.79. The molecule has 1 aromatic carbocycles. The second-order valence-electron chi connectivity index (χ2n) is 4.87. The summed E-state index contributed by atoms with van der Waals surface area (Å²) in [6.07, 6.45) is 0. The van der Waals surface area contributed by atoms with Gasteiger partial charge in [-0.15, -0.1) is 0 Å². The van der Waals surface area contributed by atoms with Gasteiger partial charge in [0.25, 0.3) is 11.8 Å². The number of carbonyl (C=O) groups excluding carboxylic acids is 2. The van der Waals surface area contributed by atoms with Crippen LogP contribution in [0.4, 0.5) is 5.69 Å². The lowest BCUT2D eigenvalue weighted by atomic mass is 10.1. The predicted octanol–water partition coefficient (Wildman–Crippen LogP) is 1.95. The van der Waals surface area contributed by atoms with Crippen LogP contribution in [0.2, 0.25) is 0 Å². The van der Waals surface area contributed by atoms with E-state index < -0.39 is 0 Å². The Kier molecular flexibility index (Phi) is 4.07. The van der Waals surface area contributed by atoms with E-state index in [-0.39, 0.29) is 11.8 Å². The minimum absolute atomic E-state index is 0.155. The van der Waals surface area contributed by atoms with E-state index in [1.807, 2.05) is 6.92 Å². The van der Waals surface area contributed by atoms with Crippen LogP contribution in [0.5, 0.6) is 0 Å². The number of aromatic amines is 1. The number of aryl methyl sites for hydroxylation is 3. The summed E-state index contributed by atoms with van der Waals surface area (Å²) < 4.78 is 0. The molecule has 6 nitrogen and oxygen atoms in total. The molecule has 2 rings (SSSR count). The molecule has 0 aliphatic heterocycles. The third-order valence-electron chi connectivity index (χ3n) is 3.32. The number of nitrogens with one attached hydrogen (secondary N) is 3. The van der Waals surface area contributed by atoms with Crippen molar-refractivity contribution < 1.29 is 9.59 Å². The second kappa shape index (κ2) is 5.78. The van der Waals surface area contributed by atoms with Crippen LogP contribution in [0.3, 0.4) is 0 Å². The first-order valence-corrected chi connectivity index (χ1v) is 6.59. The van der Waals surface area contributed by atoms with E-state index in [9.17, 15) is 9.59 Å². The summed E-state index contributed by atoms with van der Waals surface area (Å²) >= 11 is 0. The van der Waals surface area contributed by atoms with Gasteiger partial charge in [0.05, 0.1) is 11.3 Å². The monoisotopic (exact) mass is 286 g/mol. The number of hydrogen-bond acceptors (Lipinski definition) is 3. The minimum atomic E-state index is -0.213. The first kappa shape index (κ1) is 14.8. The summed E-state index contributed by atoms with van der Waals surface area (Å²) in [4.78, 5) is 23.9. The van der Waals surface area contributed by atoms with Crippen LogP contribution in [0.15, 0.2) is 18.2 Å². The van der Waals surface area contributed by atoms with Crippen LogP contribution < -0.4 is 10.6 Å². The van der Waals surface area contributed by atoms with Crippen LogP contribution in [0.1, 0.15) is 37.7 Å². The molecule has 0 bridgehead atoms. The molecule has 1 aromatic heterocycles. The Balaban J connectivity index is 2.24. The summed E-state index contributed by atoms with van der Waals surface area (Å²) in [7, 11) is 1.58. The molecule has 0 radical (unpaired) electrons. The van der Waals surface area contributed by atoms with E-state index in [1.165, 1.54) is 0 Å². The largest absolute Gasteiger partial charge is 0.355 e. The molecular weight excluding hydrogens is 268 g/mol. The molecule has 2 aromatic rings. The standard InChI is InChI=1S/C15H18N4O2/c1-8-7-11(14(20)16-4)5-6-12(8)17-15(21)13-9(2)18-19-10(13)3/h5-7H,1-4H3,(H,16,20)(H,17,21)(H,18,19). The van der Waals surface area contributed by atoms with Crippen molar-refractivity contribution in [3.8, 4) is 0 Å². The van der Waals surface area contributed by atoms with Gasteiger partial charge in [0.1, 0.15) is 0 Å². The molecule has 0 atom stereocenters. The second-order valence-corrected chi connectivity index (χ2v) is 4.87. The smallest absolute Gasteiger partial charge is 0.259 e. The maximum Gasteiger partial charge on any atom is 0.259 e. The Hall–Kier alpha value is -2.63. The van der Waals surface area contributed by atoms with E-state index in [1.54, 1.807) is 39.1 Å². The summed E-state index contributed by atoms with van der Waals surface area (Å²) in [5.74, 6) is -0.368. The number of anilines is 1. The molecule has 0 saturated heterocycles. The lowest BCUT2D eigenvalue weighted by Gasteiger charge is -2.10. The zero-order valence-electron chi connectivity index (χ0n) is 12.5. The highest BCUT2D eigenvalue weighted by Gasteiger charge is 2.16. The number of aromatic nitrogens is 2. The highest BCUT2D eigenvalue weighted by molar-refractivity contribution is 6.06. The van der Waals surface area contributed by atoms with Crippen LogP contribution in [0, 0.1) is 20.8 Å². The van der Waals surface area contributed by atoms with E-state index >= 15 is 0 Å². The lowest BCUT2D eigenvalue weighted by Crippen LogP contribution is -2.18. The Bertz CT molecular complexity index is 684. The van der Waals surface area contributed by atoms with Gasteiger partial charge < -0.3 is 10.6 Å². The van der Waals surface area contributed by atoms with Gasteiger partial charge in [0.15, 0.2) is 0 Å². The van der Waals surface area contributed by atoms with E-state index in [4.69, 9.17) is 0 Å². The van der Waals surface area contributed by atoms with Crippen molar-refractivity contribution >= 4 is 17.5 Å². The van der Waals surface area contributed by atoms with Crippen molar-refractivity contribution in [2.75, 3.05) is 12.4 Å². The molecular formula is C15H18N4O2. The molecule has 3 N–H and O–H groups in total. The number of carbonyl (C=O) groups is 2. The highest BCUT2D eigenvalue weighted by atomic mass is 16.2. The maximum absolute atomic E-state index is 12.3. The number of H-pyrrole nitrogens is 1. The van der Waals surface area contributed by atoms with Crippen LogP contribution in [-0.2, 0) is 0 Å². The quantitative estimate of drug-likeness (QED) is 0.806. The zero-order valence-corrected chi connectivity index (χ0v) is 12.5. The molecule has 0 aliphatic carbocycles. The van der Waals surface area contributed by atoms with Gasteiger partial charge in [0, 0.05) is 24.0 Å². The number of benzene rings is 1. The number of nitrogens with zero attached hydrogens (tertiary/aromatic N) is 1. The fourth-order valence-corrected chi connectivity index (χ4v) is 2.16. The van der Waals surface area contributed by atoms with Gasteiger partial charge in [-0.05, 0) is 44.5 Å². The summed E-state index contributed by atoms with van der Waals surface area (Å²) in [6, 6.07) is 5.14. The average molecular weight is 286 g/mol. The van der Waals surface area contributed by atoms with Crippen molar-refractivity contribution in [2.45, 2.75) is 20.8 Å². The van der Waals surface area contributed by atoms with Crippen LogP contribution >= 0.6 is 0 Å². The Morgan fingerprint density at radius 1 is 1.14 bits per heavy atom. The molecule has 2 amide bonds. The fraction of sp³-hybridized carbons (Fsp3) is 0.267. The highest BCUT2D eigenvalue weighted by Crippen LogP contribution is 2.19. The zero-order chi connectivity index (χ0) is 15.6. The van der Waals surface area contributed by atoms with Crippen LogP contribution in [0.25, 0.3) is 0 Å². The van der Waals surface area contributed by atoms with Gasteiger partial charge in [-0.2, -0.15) is 5.10 Å². The number of hydrogen-bond donors (Lipinski definition) is 3. The van der Waals surface area contributed by atoms with Gasteiger partial charge in [0.2, 0.25) is 0 Å². The number of rotatable bonds is 3. The van der Waals surface area contributed by atoms with Crippen LogP contribution in [-0.4, -0.2) is 29.1 Å². The van der Waals surface area contributed by atoms with E-state index in [2.05, 4.69) is 20.8 Å². The minimum Gasteiger partial charge on any atom is -0.355 e. The topological polar surface area (TPSA) is 86.9 Å².